The summed E-state index contributed by atoms with van der Waals surface area (Å²) in [5.74, 6) is 2.05. The molecule has 0 amide bonds. The second-order valence-corrected chi connectivity index (χ2v) is 4.25. The molecule has 0 fully saturated rings. The van der Waals surface area contributed by atoms with Crippen LogP contribution in [-0.4, -0.2) is 37.4 Å². The summed E-state index contributed by atoms with van der Waals surface area (Å²) in [5.41, 5.74) is 0.639. The third kappa shape index (κ3) is 2.82. The Labute approximate surface area is 104 Å². The topological polar surface area (TPSA) is 68.0 Å². The summed E-state index contributed by atoms with van der Waals surface area (Å²) >= 11 is 5.76. The van der Waals surface area contributed by atoms with Crippen LogP contribution < -0.4 is 5.32 Å². The lowest BCUT2D eigenvalue weighted by molar-refractivity contribution is 0.520. The van der Waals surface area contributed by atoms with E-state index < -0.39 is 0 Å². The molecule has 2 aromatic heterocycles. The van der Waals surface area contributed by atoms with Crippen LogP contribution >= 0.6 is 11.6 Å². The fraction of sp³-hybridized carbons (Fsp3) is 0.600. The Hall–Kier alpha value is -1.43. The van der Waals surface area contributed by atoms with E-state index in [1.165, 1.54) is 0 Å². The molecule has 6 nitrogen and oxygen atoms in total. The summed E-state index contributed by atoms with van der Waals surface area (Å²) in [4.78, 5) is 4.08. The summed E-state index contributed by atoms with van der Waals surface area (Å²) in [6.07, 6.45) is 5.45. The monoisotopic (exact) mass is 254 g/mol. The molecule has 0 bridgehead atoms. The summed E-state index contributed by atoms with van der Waals surface area (Å²) in [6.45, 7) is 3.01. The van der Waals surface area contributed by atoms with Crippen LogP contribution in [0.15, 0.2) is 12.4 Å². The van der Waals surface area contributed by atoms with E-state index >= 15 is 0 Å². The lowest BCUT2D eigenvalue weighted by Crippen LogP contribution is -2.16. The first-order valence-electron chi connectivity index (χ1n) is 5.67. The van der Waals surface area contributed by atoms with Crippen LogP contribution in [0.25, 0.3) is 5.65 Å². The van der Waals surface area contributed by atoms with Gasteiger partial charge >= 0.3 is 0 Å². The van der Waals surface area contributed by atoms with Gasteiger partial charge in [-0.2, -0.15) is 4.52 Å². The van der Waals surface area contributed by atoms with Crippen molar-refractivity contribution in [2.45, 2.75) is 19.8 Å². The van der Waals surface area contributed by atoms with E-state index in [9.17, 15) is 0 Å². The number of tetrazole rings is 1. The zero-order valence-corrected chi connectivity index (χ0v) is 10.4. The van der Waals surface area contributed by atoms with Gasteiger partial charge in [0.25, 0.3) is 0 Å². The van der Waals surface area contributed by atoms with E-state index in [1.807, 2.05) is 0 Å². The molecular formula is C10H15ClN6. The van der Waals surface area contributed by atoms with Crippen LogP contribution in [0.3, 0.4) is 0 Å². The molecule has 2 heterocycles. The molecule has 0 radical (unpaired) electrons. The van der Waals surface area contributed by atoms with Crippen molar-refractivity contribution in [3.8, 4) is 0 Å². The summed E-state index contributed by atoms with van der Waals surface area (Å²) < 4.78 is 1.64. The van der Waals surface area contributed by atoms with Crippen molar-refractivity contribution < 1.29 is 0 Å². The van der Waals surface area contributed by atoms with E-state index in [2.05, 4.69) is 32.7 Å². The Morgan fingerprint density at radius 1 is 1.47 bits per heavy atom. The van der Waals surface area contributed by atoms with Crippen LogP contribution in [0.2, 0.25) is 0 Å². The number of alkyl halides is 1. The second-order valence-electron chi connectivity index (χ2n) is 3.87. The van der Waals surface area contributed by atoms with Gasteiger partial charge in [-0.15, -0.1) is 16.7 Å². The average Bonchev–Trinajstić information content (AvgIpc) is 2.83. The first-order valence-corrected chi connectivity index (χ1v) is 6.20. The van der Waals surface area contributed by atoms with E-state index in [1.54, 1.807) is 16.9 Å². The van der Waals surface area contributed by atoms with Crippen LogP contribution in [0, 0.1) is 5.92 Å². The molecule has 1 N–H and O–H groups in total. The van der Waals surface area contributed by atoms with E-state index in [0.29, 0.717) is 17.4 Å². The molecule has 2 rings (SSSR count). The third-order valence-corrected chi connectivity index (χ3v) is 2.99. The van der Waals surface area contributed by atoms with Crippen molar-refractivity contribution in [1.82, 2.24) is 25.0 Å². The lowest BCUT2D eigenvalue weighted by atomic mass is 10.0. The molecule has 7 heteroatoms. The predicted octanol–water partition coefficient (Wildman–Crippen LogP) is 1.59. The lowest BCUT2D eigenvalue weighted by Gasteiger charge is -2.14. The van der Waals surface area contributed by atoms with Gasteiger partial charge in [-0.05, 0) is 22.8 Å². The van der Waals surface area contributed by atoms with E-state index in [-0.39, 0.29) is 0 Å². The molecular weight excluding hydrogens is 240 g/mol. The van der Waals surface area contributed by atoms with Crippen molar-refractivity contribution in [2.24, 2.45) is 5.92 Å². The summed E-state index contributed by atoms with van der Waals surface area (Å²) in [6, 6.07) is 0. The number of anilines is 1. The van der Waals surface area contributed by atoms with Crippen molar-refractivity contribution in [1.29, 1.82) is 0 Å². The minimum atomic E-state index is 0.555. The highest BCUT2D eigenvalue weighted by Crippen LogP contribution is 2.12. The maximum absolute atomic E-state index is 5.76. The maximum Gasteiger partial charge on any atom is 0.199 e. The van der Waals surface area contributed by atoms with Gasteiger partial charge in [-0.25, -0.2) is 0 Å². The van der Waals surface area contributed by atoms with Gasteiger partial charge in [-0.3, -0.25) is 4.98 Å². The van der Waals surface area contributed by atoms with Crippen molar-refractivity contribution >= 4 is 23.1 Å². The first kappa shape index (κ1) is 12.0. The molecule has 0 aliphatic heterocycles. The molecule has 0 aromatic carbocycles. The minimum Gasteiger partial charge on any atom is -0.368 e. The Balaban J connectivity index is 2.05. The number of nitrogens with one attached hydrogen (secondary N) is 1. The SMILES string of the molecule is CCC(CCCl)CNc1cncc2nnnn12. The smallest absolute Gasteiger partial charge is 0.199 e. The van der Waals surface area contributed by atoms with Crippen LogP contribution in [-0.2, 0) is 0 Å². The largest absolute Gasteiger partial charge is 0.368 e. The molecule has 1 unspecified atom stereocenters. The maximum atomic E-state index is 5.76. The Bertz CT molecular complexity index is 471. The molecule has 92 valence electrons. The van der Waals surface area contributed by atoms with Crippen LogP contribution in [0.1, 0.15) is 19.8 Å². The normalized spacial score (nSPS) is 12.8. The number of rotatable bonds is 6. The fourth-order valence-corrected chi connectivity index (χ4v) is 1.96. The van der Waals surface area contributed by atoms with Gasteiger partial charge in [0.2, 0.25) is 0 Å². The summed E-state index contributed by atoms with van der Waals surface area (Å²) in [7, 11) is 0. The molecule has 0 spiro atoms. The highest BCUT2D eigenvalue weighted by Gasteiger charge is 2.08. The Morgan fingerprint density at radius 2 is 2.35 bits per heavy atom. The molecule has 0 aliphatic rings. The number of halogens is 1. The first-order chi connectivity index (χ1) is 8.35. The molecule has 2 aromatic rings. The van der Waals surface area contributed by atoms with Gasteiger partial charge in [0, 0.05) is 12.4 Å². The molecule has 1 atom stereocenters. The highest BCUT2D eigenvalue weighted by molar-refractivity contribution is 6.17. The van der Waals surface area contributed by atoms with E-state index in [0.717, 1.165) is 25.2 Å². The number of nitrogens with zero attached hydrogens (tertiary/aromatic N) is 5. The number of aromatic nitrogens is 5. The van der Waals surface area contributed by atoms with Gasteiger partial charge in [0.05, 0.1) is 12.4 Å². The second kappa shape index (κ2) is 5.77. The van der Waals surface area contributed by atoms with Crippen molar-refractivity contribution in [3.05, 3.63) is 12.4 Å². The Morgan fingerprint density at radius 3 is 3.12 bits per heavy atom. The van der Waals surface area contributed by atoms with E-state index in [4.69, 9.17) is 11.6 Å². The zero-order valence-electron chi connectivity index (χ0n) is 9.67. The number of hydrogen-bond acceptors (Lipinski definition) is 5. The van der Waals surface area contributed by atoms with Crippen LogP contribution in [0.4, 0.5) is 5.82 Å². The molecule has 17 heavy (non-hydrogen) atoms. The van der Waals surface area contributed by atoms with Crippen molar-refractivity contribution in [2.75, 3.05) is 17.7 Å². The molecule has 0 aliphatic carbocycles. The Kier molecular flexibility index (Phi) is 4.08. The molecule has 0 saturated carbocycles. The van der Waals surface area contributed by atoms with Gasteiger partial charge < -0.3 is 5.32 Å². The molecule has 0 saturated heterocycles. The number of fused-ring (bicyclic) bond motifs is 1. The zero-order chi connectivity index (χ0) is 12.1. The predicted molar refractivity (Wildman–Crippen MR) is 66.2 cm³/mol. The fourth-order valence-electron chi connectivity index (χ4n) is 1.65. The van der Waals surface area contributed by atoms with Crippen molar-refractivity contribution in [3.63, 3.8) is 0 Å². The third-order valence-electron chi connectivity index (χ3n) is 2.78. The van der Waals surface area contributed by atoms with Crippen LogP contribution in [0.5, 0.6) is 0 Å². The quantitative estimate of drug-likeness (QED) is 0.793. The standard InChI is InChI=1S/C10H15ClN6/c1-2-8(3-4-11)5-13-9-6-12-7-10-14-15-16-17(9)10/h6-8,13H,2-5H2,1H3. The number of hydrogen-bond donors (Lipinski definition) is 1. The highest BCUT2D eigenvalue weighted by atomic mass is 35.5. The van der Waals surface area contributed by atoms with Gasteiger partial charge in [0.15, 0.2) is 5.65 Å². The summed E-state index contributed by atoms with van der Waals surface area (Å²) in [5, 5.41) is 14.7. The van der Waals surface area contributed by atoms with Gasteiger partial charge in [0.1, 0.15) is 5.82 Å². The average molecular weight is 255 g/mol. The minimum absolute atomic E-state index is 0.555. The van der Waals surface area contributed by atoms with Gasteiger partial charge in [-0.1, -0.05) is 13.3 Å².